The van der Waals surface area contributed by atoms with Gasteiger partial charge in [-0.3, -0.25) is 0 Å². The fourth-order valence-corrected chi connectivity index (χ4v) is 2.26. The fourth-order valence-electron chi connectivity index (χ4n) is 2.26. The normalized spacial score (nSPS) is 15.1. The quantitative estimate of drug-likeness (QED) is 0.855. The Hall–Kier alpha value is -1.18. The third kappa shape index (κ3) is 2.41. The summed E-state index contributed by atoms with van der Waals surface area (Å²) in [6, 6.07) is 6.81. The Balaban J connectivity index is 2.28. The number of aryl methyl sites for hydroxylation is 1. The van der Waals surface area contributed by atoms with Crippen LogP contribution in [0.4, 0.5) is 11.4 Å². The van der Waals surface area contributed by atoms with Crippen molar-refractivity contribution < 1.29 is 0 Å². The molecule has 0 aliphatic carbocycles. The minimum absolute atomic E-state index is 0.219. The first-order valence-corrected chi connectivity index (χ1v) is 6.65. The maximum Gasteiger partial charge on any atom is 0.0374 e. The highest BCUT2D eigenvalue weighted by Gasteiger charge is 2.22. The molecule has 17 heavy (non-hydrogen) atoms. The highest BCUT2D eigenvalue weighted by atomic mass is 15.2. The highest BCUT2D eigenvalue weighted by molar-refractivity contribution is 5.62. The summed E-state index contributed by atoms with van der Waals surface area (Å²) in [5, 5.41) is 3.46. The zero-order chi connectivity index (χ0) is 12.5. The van der Waals surface area contributed by atoms with Crippen LogP contribution in [0.3, 0.4) is 0 Å². The Bertz CT molecular complexity index is 396. The van der Waals surface area contributed by atoms with Gasteiger partial charge in [0.2, 0.25) is 0 Å². The molecule has 1 aromatic carbocycles. The molecule has 1 N–H and O–H groups in total. The first-order valence-electron chi connectivity index (χ1n) is 6.65. The summed E-state index contributed by atoms with van der Waals surface area (Å²) in [7, 11) is 2.20. The summed E-state index contributed by atoms with van der Waals surface area (Å²) >= 11 is 0. The summed E-state index contributed by atoms with van der Waals surface area (Å²) in [5.41, 5.74) is 4.34. The summed E-state index contributed by atoms with van der Waals surface area (Å²) in [5.74, 6) is 0. The molecular formula is C15H24N2. The van der Waals surface area contributed by atoms with Gasteiger partial charge in [-0.15, -0.1) is 0 Å². The van der Waals surface area contributed by atoms with Crippen LogP contribution in [-0.2, 0) is 6.42 Å². The first-order chi connectivity index (χ1) is 8.04. The van der Waals surface area contributed by atoms with E-state index in [4.69, 9.17) is 0 Å². The number of rotatable bonds is 3. The third-order valence-corrected chi connectivity index (χ3v) is 4.19. The molecule has 2 heteroatoms. The van der Waals surface area contributed by atoms with Crippen molar-refractivity contribution in [2.45, 2.75) is 45.6 Å². The predicted octanol–water partition coefficient (Wildman–Crippen LogP) is 3.67. The molecule has 0 saturated carbocycles. The van der Waals surface area contributed by atoms with Gasteiger partial charge >= 0.3 is 0 Å². The fraction of sp³-hybridized carbons (Fsp3) is 0.600. The molecule has 94 valence electrons. The van der Waals surface area contributed by atoms with Crippen molar-refractivity contribution >= 4 is 11.4 Å². The summed E-state index contributed by atoms with van der Waals surface area (Å²) in [4.78, 5) is 2.39. The lowest BCUT2D eigenvalue weighted by Crippen LogP contribution is -2.40. The van der Waals surface area contributed by atoms with Gasteiger partial charge in [0.25, 0.3) is 0 Å². The van der Waals surface area contributed by atoms with Gasteiger partial charge in [0.15, 0.2) is 0 Å². The van der Waals surface area contributed by atoms with E-state index in [0.29, 0.717) is 0 Å². The minimum atomic E-state index is 0.219. The monoisotopic (exact) mass is 232 g/mol. The number of nitrogens with zero attached hydrogens (tertiary/aromatic N) is 1. The van der Waals surface area contributed by atoms with Crippen LogP contribution < -0.4 is 10.2 Å². The Morgan fingerprint density at radius 1 is 1.35 bits per heavy atom. The molecule has 1 heterocycles. The average Bonchev–Trinajstić information content (AvgIpc) is 2.37. The van der Waals surface area contributed by atoms with E-state index in [1.54, 1.807) is 0 Å². The van der Waals surface area contributed by atoms with Gasteiger partial charge in [-0.25, -0.2) is 0 Å². The lowest BCUT2D eigenvalue weighted by Gasteiger charge is -2.37. The maximum atomic E-state index is 3.46. The second-order valence-electron chi connectivity index (χ2n) is 5.60. The molecule has 1 aliphatic heterocycles. The van der Waals surface area contributed by atoms with Crippen molar-refractivity contribution in [3.05, 3.63) is 23.8 Å². The van der Waals surface area contributed by atoms with E-state index in [-0.39, 0.29) is 5.54 Å². The summed E-state index contributed by atoms with van der Waals surface area (Å²) in [6.07, 6.45) is 3.60. The van der Waals surface area contributed by atoms with Gasteiger partial charge in [0, 0.05) is 30.5 Å². The number of nitrogens with one attached hydrogen (secondary N) is 1. The minimum Gasteiger partial charge on any atom is -0.385 e. The Labute approximate surface area is 105 Å². The van der Waals surface area contributed by atoms with Crippen LogP contribution in [0.5, 0.6) is 0 Å². The average molecular weight is 232 g/mol. The van der Waals surface area contributed by atoms with E-state index in [9.17, 15) is 0 Å². The topological polar surface area (TPSA) is 15.3 Å². The molecule has 1 aliphatic rings. The van der Waals surface area contributed by atoms with E-state index < -0.39 is 0 Å². The van der Waals surface area contributed by atoms with Gasteiger partial charge in [-0.2, -0.15) is 0 Å². The van der Waals surface area contributed by atoms with Gasteiger partial charge in [-0.1, -0.05) is 6.92 Å². The SMILES string of the molecule is CCC(C)(C)N(C)c1ccc2c(c1)CCCN2. The van der Waals surface area contributed by atoms with E-state index in [2.05, 4.69) is 56.2 Å². The zero-order valence-electron chi connectivity index (χ0n) is 11.5. The van der Waals surface area contributed by atoms with Crippen molar-refractivity contribution in [1.82, 2.24) is 0 Å². The third-order valence-electron chi connectivity index (χ3n) is 4.19. The summed E-state index contributed by atoms with van der Waals surface area (Å²) in [6.45, 7) is 7.95. The van der Waals surface area contributed by atoms with Gasteiger partial charge < -0.3 is 10.2 Å². The molecule has 1 aromatic rings. The number of hydrogen-bond acceptors (Lipinski definition) is 2. The molecule has 2 nitrogen and oxygen atoms in total. The second kappa shape index (κ2) is 4.59. The first kappa shape index (κ1) is 12.3. The standard InChI is InChI=1S/C15H24N2/c1-5-15(2,3)17(4)13-8-9-14-12(11-13)7-6-10-16-14/h8-9,11,16H,5-7,10H2,1-4H3. The number of hydrogen-bond donors (Lipinski definition) is 1. The van der Waals surface area contributed by atoms with Crippen molar-refractivity contribution in [3.8, 4) is 0 Å². The van der Waals surface area contributed by atoms with Crippen molar-refractivity contribution in [2.24, 2.45) is 0 Å². The van der Waals surface area contributed by atoms with E-state index in [1.165, 1.54) is 29.8 Å². The molecule has 0 aromatic heterocycles. The lowest BCUT2D eigenvalue weighted by molar-refractivity contribution is 0.470. The van der Waals surface area contributed by atoms with Crippen LogP contribution in [0.15, 0.2) is 18.2 Å². The van der Waals surface area contributed by atoms with Crippen LogP contribution in [0.25, 0.3) is 0 Å². The van der Waals surface area contributed by atoms with Crippen molar-refractivity contribution in [1.29, 1.82) is 0 Å². The highest BCUT2D eigenvalue weighted by Crippen LogP contribution is 2.30. The molecule has 0 spiro atoms. The Morgan fingerprint density at radius 2 is 2.12 bits per heavy atom. The Kier molecular flexibility index (Phi) is 3.32. The van der Waals surface area contributed by atoms with Gasteiger partial charge in [-0.05, 0) is 56.9 Å². The maximum absolute atomic E-state index is 3.46. The molecule has 0 unspecified atom stereocenters. The lowest BCUT2D eigenvalue weighted by atomic mass is 9.97. The molecule has 0 atom stereocenters. The van der Waals surface area contributed by atoms with Crippen LogP contribution >= 0.6 is 0 Å². The predicted molar refractivity (Wildman–Crippen MR) is 76.0 cm³/mol. The van der Waals surface area contributed by atoms with E-state index in [0.717, 1.165) is 13.0 Å². The van der Waals surface area contributed by atoms with Gasteiger partial charge in [0.05, 0.1) is 0 Å². The van der Waals surface area contributed by atoms with Crippen molar-refractivity contribution in [3.63, 3.8) is 0 Å². The van der Waals surface area contributed by atoms with E-state index >= 15 is 0 Å². The van der Waals surface area contributed by atoms with Crippen LogP contribution in [0.2, 0.25) is 0 Å². The molecule has 0 fully saturated rings. The number of anilines is 2. The molecule has 0 radical (unpaired) electrons. The largest absolute Gasteiger partial charge is 0.385 e. The molecule has 0 amide bonds. The van der Waals surface area contributed by atoms with Crippen LogP contribution in [-0.4, -0.2) is 19.1 Å². The van der Waals surface area contributed by atoms with E-state index in [1.807, 2.05) is 0 Å². The summed E-state index contributed by atoms with van der Waals surface area (Å²) < 4.78 is 0. The molecule has 0 bridgehead atoms. The second-order valence-corrected chi connectivity index (χ2v) is 5.60. The zero-order valence-corrected chi connectivity index (χ0v) is 11.5. The molecule has 2 rings (SSSR count). The number of fused-ring (bicyclic) bond motifs is 1. The number of benzene rings is 1. The molecule has 0 saturated heterocycles. The molecular weight excluding hydrogens is 208 g/mol. The smallest absolute Gasteiger partial charge is 0.0374 e. The van der Waals surface area contributed by atoms with Crippen LogP contribution in [0.1, 0.15) is 39.2 Å². The van der Waals surface area contributed by atoms with Crippen LogP contribution in [0, 0.1) is 0 Å². The van der Waals surface area contributed by atoms with Gasteiger partial charge in [0.1, 0.15) is 0 Å². The Morgan fingerprint density at radius 3 is 2.82 bits per heavy atom. The van der Waals surface area contributed by atoms with Crippen molar-refractivity contribution in [2.75, 3.05) is 23.8 Å².